The van der Waals surface area contributed by atoms with Crippen LogP contribution in [0.2, 0.25) is 0 Å². The fourth-order valence-electron chi connectivity index (χ4n) is 4.65. The Morgan fingerprint density at radius 2 is 1.76 bits per heavy atom. The lowest BCUT2D eigenvalue weighted by molar-refractivity contribution is 0.0939. The Hall–Kier alpha value is -1.81. The second-order valence-corrected chi connectivity index (χ2v) is 7.85. The topological polar surface area (TPSA) is 35.6 Å². The quantitative estimate of drug-likeness (QED) is 0.852. The van der Waals surface area contributed by atoms with E-state index in [0.29, 0.717) is 30.7 Å². The van der Waals surface area contributed by atoms with Crippen LogP contribution in [0.15, 0.2) is 42.5 Å². The summed E-state index contributed by atoms with van der Waals surface area (Å²) in [4.78, 5) is 17.6. The van der Waals surface area contributed by atoms with Crippen LogP contribution < -0.4 is 5.32 Å². The monoisotopic (exact) mass is 339 g/mol. The van der Waals surface area contributed by atoms with Crippen molar-refractivity contribution in [3.8, 4) is 0 Å². The van der Waals surface area contributed by atoms with Gasteiger partial charge in [0.25, 0.3) is 0 Å². The maximum Gasteiger partial charge on any atom is 0.318 e. The first-order valence-electron chi connectivity index (χ1n) is 9.72. The lowest BCUT2D eigenvalue weighted by atomic mass is 9.95. The van der Waals surface area contributed by atoms with Gasteiger partial charge in [0.05, 0.1) is 0 Å². The van der Waals surface area contributed by atoms with E-state index in [-0.39, 0.29) is 6.03 Å². The summed E-state index contributed by atoms with van der Waals surface area (Å²) in [5.41, 5.74) is 1.21. The number of nitrogens with one attached hydrogen (secondary N) is 1. The molecule has 2 bridgehead atoms. The zero-order valence-electron chi connectivity index (χ0n) is 15.1. The summed E-state index contributed by atoms with van der Waals surface area (Å²) in [5.74, 6) is 0. The number of benzene rings is 1. The highest BCUT2D eigenvalue weighted by Gasteiger charge is 2.39. The van der Waals surface area contributed by atoms with E-state index in [1.165, 1.54) is 18.4 Å². The van der Waals surface area contributed by atoms with Crippen LogP contribution in [-0.4, -0.2) is 47.0 Å². The number of piperidine rings is 1. The molecule has 4 rings (SSSR count). The van der Waals surface area contributed by atoms with Crippen molar-refractivity contribution in [1.29, 1.82) is 0 Å². The smallest absolute Gasteiger partial charge is 0.318 e. The molecule has 134 valence electrons. The molecule has 2 amide bonds. The van der Waals surface area contributed by atoms with E-state index in [1.807, 2.05) is 6.07 Å². The number of carbonyl (C=O) groups excluding carboxylic acids is 1. The number of hydrogen-bond acceptors (Lipinski definition) is 2. The minimum Gasteiger partial charge on any atom is -0.335 e. The second kappa shape index (κ2) is 7.20. The van der Waals surface area contributed by atoms with E-state index in [1.54, 1.807) is 0 Å². The first-order chi connectivity index (χ1) is 12.2. The number of urea groups is 1. The molecule has 1 N–H and O–H groups in total. The van der Waals surface area contributed by atoms with Gasteiger partial charge in [-0.15, -0.1) is 0 Å². The highest BCUT2D eigenvalue weighted by Crippen LogP contribution is 2.32. The van der Waals surface area contributed by atoms with Crippen LogP contribution in [0.5, 0.6) is 0 Å². The summed E-state index contributed by atoms with van der Waals surface area (Å²) in [7, 11) is 2.20. The van der Waals surface area contributed by atoms with E-state index < -0.39 is 0 Å². The van der Waals surface area contributed by atoms with Gasteiger partial charge >= 0.3 is 6.03 Å². The van der Waals surface area contributed by atoms with Gasteiger partial charge in [0.1, 0.15) is 0 Å². The van der Waals surface area contributed by atoms with E-state index in [2.05, 4.69) is 58.6 Å². The molecule has 0 aromatic heterocycles. The SMILES string of the molecule is CN1[C@@H]2C=C[C@H]1CC(N(Cc1ccccc1)C(=O)NC1CCCC1)C2. The molecule has 2 fully saturated rings. The van der Waals surface area contributed by atoms with Crippen LogP contribution in [0.25, 0.3) is 0 Å². The van der Waals surface area contributed by atoms with Gasteiger partial charge in [-0.2, -0.15) is 0 Å². The molecule has 0 spiro atoms. The predicted molar refractivity (Wildman–Crippen MR) is 100 cm³/mol. The molecule has 3 atom stereocenters. The Balaban J connectivity index is 1.50. The maximum absolute atomic E-state index is 13.1. The minimum absolute atomic E-state index is 0.129. The highest BCUT2D eigenvalue weighted by atomic mass is 16.2. The fraction of sp³-hybridized carbons (Fsp3) is 0.571. The van der Waals surface area contributed by atoms with Gasteiger partial charge in [-0.25, -0.2) is 4.79 Å². The highest BCUT2D eigenvalue weighted by molar-refractivity contribution is 5.75. The number of amides is 2. The molecular formula is C21H29N3O. The minimum atomic E-state index is 0.129. The Morgan fingerprint density at radius 1 is 1.12 bits per heavy atom. The van der Waals surface area contributed by atoms with E-state index in [0.717, 1.165) is 25.7 Å². The lowest BCUT2D eigenvalue weighted by Gasteiger charge is -2.42. The average Bonchev–Trinajstić information content (AvgIpc) is 3.18. The zero-order valence-corrected chi connectivity index (χ0v) is 15.1. The second-order valence-electron chi connectivity index (χ2n) is 7.85. The van der Waals surface area contributed by atoms with Gasteiger partial charge in [0.15, 0.2) is 0 Å². The van der Waals surface area contributed by atoms with Crippen molar-refractivity contribution < 1.29 is 4.79 Å². The van der Waals surface area contributed by atoms with Crippen molar-refractivity contribution in [1.82, 2.24) is 15.1 Å². The van der Waals surface area contributed by atoms with E-state index >= 15 is 0 Å². The molecule has 1 saturated heterocycles. The third-order valence-corrected chi connectivity index (χ3v) is 6.21. The molecule has 2 heterocycles. The van der Waals surface area contributed by atoms with E-state index in [9.17, 15) is 4.79 Å². The van der Waals surface area contributed by atoms with Gasteiger partial charge < -0.3 is 10.2 Å². The molecule has 1 aromatic rings. The van der Waals surface area contributed by atoms with Crippen LogP contribution in [0.3, 0.4) is 0 Å². The molecular weight excluding hydrogens is 310 g/mol. The van der Waals surface area contributed by atoms with Crippen molar-refractivity contribution in [3.05, 3.63) is 48.0 Å². The molecule has 25 heavy (non-hydrogen) atoms. The third kappa shape index (κ3) is 3.59. The number of fused-ring (bicyclic) bond motifs is 2. The molecule has 2 aliphatic heterocycles. The number of rotatable bonds is 4. The lowest BCUT2D eigenvalue weighted by Crippen LogP contribution is -2.54. The Morgan fingerprint density at radius 3 is 2.40 bits per heavy atom. The Bertz CT molecular complexity index is 607. The molecule has 0 radical (unpaired) electrons. The first kappa shape index (κ1) is 16.6. The van der Waals surface area contributed by atoms with Gasteiger partial charge in [0, 0.05) is 30.7 Å². The van der Waals surface area contributed by atoms with Crippen LogP contribution >= 0.6 is 0 Å². The van der Waals surface area contributed by atoms with Crippen LogP contribution in [0, 0.1) is 0 Å². The summed E-state index contributed by atoms with van der Waals surface area (Å²) < 4.78 is 0. The van der Waals surface area contributed by atoms with E-state index in [4.69, 9.17) is 0 Å². The Kier molecular flexibility index (Phi) is 4.80. The fourth-order valence-corrected chi connectivity index (χ4v) is 4.65. The molecule has 3 aliphatic rings. The largest absolute Gasteiger partial charge is 0.335 e. The molecule has 4 heteroatoms. The van der Waals surface area contributed by atoms with Crippen LogP contribution in [-0.2, 0) is 6.54 Å². The standard InChI is InChI=1S/C21H29N3O/c1-23-18-11-12-19(23)14-20(13-18)24(15-16-7-3-2-4-8-16)21(25)22-17-9-5-6-10-17/h2-4,7-8,11-12,17-20H,5-6,9-10,13-15H2,1H3,(H,22,25)/t18-,19+,20?. The van der Waals surface area contributed by atoms with Crippen molar-refractivity contribution >= 4 is 6.03 Å². The molecule has 4 nitrogen and oxygen atoms in total. The van der Waals surface area contributed by atoms with Crippen molar-refractivity contribution in [3.63, 3.8) is 0 Å². The molecule has 1 aromatic carbocycles. The van der Waals surface area contributed by atoms with Gasteiger partial charge in [-0.3, -0.25) is 4.90 Å². The normalized spacial score (nSPS) is 29.1. The number of nitrogens with zero attached hydrogens (tertiary/aromatic N) is 2. The summed E-state index contributed by atoms with van der Waals surface area (Å²) in [5, 5.41) is 3.31. The zero-order chi connectivity index (χ0) is 17.2. The average molecular weight is 339 g/mol. The number of hydrogen-bond donors (Lipinski definition) is 1. The molecule has 1 saturated carbocycles. The molecule has 1 unspecified atom stereocenters. The summed E-state index contributed by atoms with van der Waals surface area (Å²) >= 11 is 0. The van der Waals surface area contributed by atoms with Gasteiger partial charge in [-0.1, -0.05) is 55.3 Å². The van der Waals surface area contributed by atoms with Crippen molar-refractivity contribution in [2.45, 2.75) is 69.2 Å². The van der Waals surface area contributed by atoms with Gasteiger partial charge in [-0.05, 0) is 38.3 Å². The third-order valence-electron chi connectivity index (χ3n) is 6.21. The maximum atomic E-state index is 13.1. The first-order valence-corrected chi connectivity index (χ1v) is 9.72. The summed E-state index contributed by atoms with van der Waals surface area (Å²) in [6.45, 7) is 0.702. The summed E-state index contributed by atoms with van der Waals surface area (Å²) in [6.07, 6.45) is 11.5. The Labute approximate surface area is 150 Å². The van der Waals surface area contributed by atoms with Gasteiger partial charge in [0.2, 0.25) is 0 Å². The van der Waals surface area contributed by atoms with Crippen LogP contribution in [0.4, 0.5) is 4.79 Å². The summed E-state index contributed by atoms with van der Waals surface area (Å²) in [6, 6.07) is 12.1. The van der Waals surface area contributed by atoms with Crippen molar-refractivity contribution in [2.75, 3.05) is 7.05 Å². The number of carbonyl (C=O) groups is 1. The number of likely N-dealkylation sites (N-methyl/N-ethyl adjacent to an activating group) is 1. The predicted octanol–water partition coefficient (Wildman–Crippen LogP) is 3.54. The van der Waals surface area contributed by atoms with Crippen molar-refractivity contribution in [2.24, 2.45) is 0 Å². The van der Waals surface area contributed by atoms with Crippen LogP contribution in [0.1, 0.15) is 44.1 Å². The molecule has 1 aliphatic carbocycles.